The molecule has 0 aliphatic heterocycles. The molecule has 0 N–H and O–H groups in total. The van der Waals surface area contributed by atoms with Gasteiger partial charge in [0, 0.05) is 115 Å². The van der Waals surface area contributed by atoms with E-state index in [2.05, 4.69) is 206 Å². The molecule has 0 aliphatic rings. The highest BCUT2D eigenvalue weighted by atomic mass is 16.4. The van der Waals surface area contributed by atoms with Crippen LogP contribution in [0, 0.1) is 0 Å². The standard InChI is InChI=1S/C45H27N3O2.2C39H23N3O2/c1-3-11-28(12-4-1)29-21-23-31(24-22-29)44-46-43(30-13-5-2-6-14-30)47-45(48-44)32-25-26-36-40(27-32)50-39-20-10-17-34(42(36)39)33-16-9-19-38-41(33)35-15-7-8-18-37(35)49-38;1-3-10-24(11-4-1)28-15-9-17-33-36(28)31-21-19-27(23-35(31)44-33)39-41-37(25-12-5-2-6-13-25)40-38(42-39)26-18-20-30-29-14-7-8-16-32(29)43-34(30)22-26;1-3-9-24(10-4-1)25-15-17-27(18-16-25)38-40-37(26-11-5-2-6-12-26)41-39(42-38)28-19-20-30-34(23-28)44-33-22-21-32-35(36(30)33)29-13-7-8-14-31(29)43-32/h1-27H;2*1-23H. The van der Waals surface area contributed by atoms with Crippen molar-refractivity contribution in [1.29, 1.82) is 0 Å². The van der Waals surface area contributed by atoms with Gasteiger partial charge in [0.15, 0.2) is 52.4 Å². The first-order chi connectivity index (χ1) is 68.3. The zero-order valence-corrected chi connectivity index (χ0v) is 73.6. The van der Waals surface area contributed by atoms with Gasteiger partial charge in [-0.25, -0.2) is 44.9 Å². The maximum atomic E-state index is 6.55. The number of hydrogen-bond acceptors (Lipinski definition) is 15. The van der Waals surface area contributed by atoms with Crippen LogP contribution < -0.4 is 0 Å². The third kappa shape index (κ3) is 14.5. The maximum absolute atomic E-state index is 6.55. The quantitative estimate of drug-likeness (QED) is 0.106. The molecule has 19 aromatic carbocycles. The van der Waals surface area contributed by atoms with Crippen LogP contribution in [0.4, 0.5) is 0 Å². The lowest BCUT2D eigenvalue weighted by Crippen LogP contribution is -2.00. The number of rotatable bonds is 13. The molecule has 0 saturated heterocycles. The molecule has 0 radical (unpaired) electrons. The van der Waals surface area contributed by atoms with Crippen LogP contribution in [0.15, 0.2) is 469 Å². The van der Waals surface area contributed by atoms with Gasteiger partial charge in [-0.15, -0.1) is 0 Å². The molecule has 28 aromatic rings. The van der Waals surface area contributed by atoms with Gasteiger partial charge in [-0.05, 0) is 142 Å². The van der Waals surface area contributed by atoms with Crippen molar-refractivity contribution in [3.8, 4) is 147 Å². The zero-order chi connectivity index (χ0) is 91.1. The predicted octanol–water partition coefficient (Wildman–Crippen LogP) is 32.7. The second kappa shape index (κ2) is 33.7. The third-order valence-electron chi connectivity index (χ3n) is 25.7. The van der Waals surface area contributed by atoms with Gasteiger partial charge in [0.25, 0.3) is 0 Å². The average Bonchev–Trinajstić information content (AvgIpc) is 1.57. The van der Waals surface area contributed by atoms with Crippen LogP contribution in [0.5, 0.6) is 0 Å². The minimum absolute atomic E-state index is 0.573. The molecule has 138 heavy (non-hydrogen) atoms. The first-order valence-corrected chi connectivity index (χ1v) is 45.7. The second-order valence-corrected chi connectivity index (χ2v) is 34.1. The largest absolute Gasteiger partial charge is 0.456 e. The highest BCUT2D eigenvalue weighted by Crippen LogP contribution is 2.47. The van der Waals surface area contributed by atoms with Crippen molar-refractivity contribution in [1.82, 2.24) is 44.9 Å². The molecule has 0 aliphatic carbocycles. The number of aromatic nitrogens is 9. The van der Waals surface area contributed by atoms with E-state index >= 15 is 0 Å². The Morgan fingerprint density at radius 1 is 0.109 bits per heavy atom. The smallest absolute Gasteiger partial charge is 0.164 e. The summed E-state index contributed by atoms with van der Waals surface area (Å²) in [6.45, 7) is 0. The van der Waals surface area contributed by atoms with Crippen molar-refractivity contribution < 1.29 is 26.5 Å². The summed E-state index contributed by atoms with van der Waals surface area (Å²) in [6, 6.07) is 150. The Balaban J connectivity index is 0.000000107. The van der Waals surface area contributed by atoms with Gasteiger partial charge in [-0.3, -0.25) is 0 Å². The Bertz CT molecular complexity index is 9580. The van der Waals surface area contributed by atoms with E-state index in [0.29, 0.717) is 52.4 Å². The summed E-state index contributed by atoms with van der Waals surface area (Å²) < 4.78 is 37.9. The van der Waals surface area contributed by atoms with Crippen LogP contribution in [-0.4, -0.2) is 44.9 Å². The van der Waals surface area contributed by atoms with Gasteiger partial charge in [0.05, 0.1) is 0 Å². The Labute approximate surface area is 787 Å². The summed E-state index contributed by atoms with van der Waals surface area (Å²) in [4.78, 5) is 44.5. The molecule has 0 unspecified atom stereocenters. The number of hydrogen-bond donors (Lipinski definition) is 0. The van der Waals surface area contributed by atoms with Gasteiger partial charge in [0.2, 0.25) is 0 Å². The summed E-state index contributed by atoms with van der Waals surface area (Å²) in [5, 5.41) is 12.8. The van der Waals surface area contributed by atoms with E-state index in [1.807, 2.05) is 237 Å². The molecule has 0 amide bonds. The first kappa shape index (κ1) is 79.9. The number of nitrogens with zero attached hydrogens (tertiary/aromatic N) is 9. The molecule has 0 bridgehead atoms. The minimum atomic E-state index is 0.573. The molecule has 9 heterocycles. The van der Waals surface area contributed by atoms with Crippen LogP contribution >= 0.6 is 0 Å². The van der Waals surface area contributed by atoms with Crippen LogP contribution in [0.1, 0.15) is 0 Å². The Morgan fingerprint density at radius 3 is 0.667 bits per heavy atom. The fraction of sp³-hybridized carbons (Fsp3) is 0. The first-order valence-electron chi connectivity index (χ1n) is 45.7. The van der Waals surface area contributed by atoms with Crippen LogP contribution in [0.2, 0.25) is 0 Å². The lowest BCUT2D eigenvalue weighted by atomic mass is 9.95. The topological polar surface area (TPSA) is 195 Å². The van der Waals surface area contributed by atoms with E-state index < -0.39 is 0 Å². The summed E-state index contributed by atoms with van der Waals surface area (Å²) in [5.74, 6) is 5.38. The molecule has 0 spiro atoms. The molecule has 0 saturated carbocycles. The normalized spacial score (nSPS) is 11.6. The maximum Gasteiger partial charge on any atom is 0.164 e. The molecular weight excluding hydrogens is 1700 g/mol. The molecule has 0 fully saturated rings. The van der Waals surface area contributed by atoms with E-state index in [-0.39, 0.29) is 0 Å². The molecule has 9 aromatic heterocycles. The molecule has 646 valence electrons. The summed E-state index contributed by atoms with van der Waals surface area (Å²) in [5.41, 5.74) is 27.0. The predicted molar refractivity (Wildman–Crippen MR) is 554 cm³/mol. The fourth-order valence-electron chi connectivity index (χ4n) is 19.0. The summed E-state index contributed by atoms with van der Waals surface area (Å²) in [6.07, 6.45) is 0. The summed E-state index contributed by atoms with van der Waals surface area (Å²) in [7, 11) is 0. The Kier molecular flexibility index (Phi) is 19.5. The van der Waals surface area contributed by atoms with Crippen molar-refractivity contribution in [2.45, 2.75) is 0 Å². The van der Waals surface area contributed by atoms with E-state index in [9.17, 15) is 0 Å². The lowest BCUT2D eigenvalue weighted by Gasteiger charge is -2.09. The molecular formula is C123H73N9O6. The molecule has 15 nitrogen and oxygen atoms in total. The van der Waals surface area contributed by atoms with Gasteiger partial charge < -0.3 is 26.5 Å². The molecule has 0 atom stereocenters. The van der Waals surface area contributed by atoms with E-state index in [1.165, 1.54) is 5.56 Å². The van der Waals surface area contributed by atoms with Crippen LogP contribution in [0.3, 0.4) is 0 Å². The number of benzene rings is 19. The SMILES string of the molecule is c1ccc(-c2ccc(-c3nc(-c4ccccc4)nc(-c4ccc5c(c4)oc4ccc6oc7ccccc7c6c45)n3)cc2)cc1.c1ccc(-c2ccc(-c3nc(-c4ccccc4)nc(-c4ccc5c(c4)oc4cccc(-c6cccc7oc8ccccc8c67)c45)n3)cc2)cc1.c1ccc(-c2nc(-c3ccc4c(c3)oc3ccccc34)nc(-c3ccc4c(c3)oc3cccc(-c5ccccc5)c34)n2)cc1. The summed E-state index contributed by atoms with van der Waals surface area (Å²) >= 11 is 0. The number of furan rings is 6. The van der Waals surface area contributed by atoms with Crippen molar-refractivity contribution in [2.24, 2.45) is 0 Å². The monoisotopic (exact) mass is 1770 g/mol. The van der Waals surface area contributed by atoms with E-state index in [1.54, 1.807) is 0 Å². The fourth-order valence-corrected chi connectivity index (χ4v) is 19.0. The average molecular weight is 1770 g/mol. The number of fused-ring (bicyclic) bond motifs is 19. The molecule has 15 heteroatoms. The zero-order valence-electron chi connectivity index (χ0n) is 73.6. The van der Waals surface area contributed by atoms with Crippen molar-refractivity contribution in [2.75, 3.05) is 0 Å². The van der Waals surface area contributed by atoms with Gasteiger partial charge in [0.1, 0.15) is 67.0 Å². The van der Waals surface area contributed by atoms with Gasteiger partial charge >= 0.3 is 0 Å². The van der Waals surface area contributed by atoms with Gasteiger partial charge in [-0.2, -0.15) is 0 Å². The van der Waals surface area contributed by atoms with Gasteiger partial charge in [-0.1, -0.05) is 346 Å². The van der Waals surface area contributed by atoms with Crippen molar-refractivity contribution >= 4 is 132 Å². The number of para-hydroxylation sites is 3. The minimum Gasteiger partial charge on any atom is -0.456 e. The highest BCUT2D eigenvalue weighted by molar-refractivity contribution is 6.26. The second-order valence-electron chi connectivity index (χ2n) is 34.1. The molecule has 28 rings (SSSR count). The third-order valence-corrected chi connectivity index (χ3v) is 25.7. The Morgan fingerprint density at radius 2 is 0.304 bits per heavy atom. The van der Waals surface area contributed by atoms with Crippen molar-refractivity contribution in [3.63, 3.8) is 0 Å². The highest BCUT2D eigenvalue weighted by Gasteiger charge is 2.25. The van der Waals surface area contributed by atoms with Crippen LogP contribution in [0.25, 0.3) is 279 Å². The Hall–Kier alpha value is -19.0. The van der Waals surface area contributed by atoms with Crippen molar-refractivity contribution in [3.05, 3.63) is 443 Å². The lowest BCUT2D eigenvalue weighted by molar-refractivity contribution is 0.663. The van der Waals surface area contributed by atoms with Crippen LogP contribution in [-0.2, 0) is 0 Å². The van der Waals surface area contributed by atoms with E-state index in [0.717, 1.165) is 221 Å². The van der Waals surface area contributed by atoms with E-state index in [4.69, 9.17) is 71.4 Å².